The molecule has 0 radical (unpaired) electrons. The maximum atomic E-state index is 9.83. The predicted octanol–water partition coefficient (Wildman–Crippen LogP) is 0.185. The molecule has 0 aliphatic heterocycles. The average molecular weight is 121 g/mol. The summed E-state index contributed by atoms with van der Waals surface area (Å²) < 4.78 is 9.83. The molecule has 7 heavy (non-hydrogen) atoms. The molecule has 1 atom stereocenters. The van der Waals surface area contributed by atoms with Gasteiger partial charge in [0.1, 0.15) is 0 Å². The van der Waals surface area contributed by atoms with E-state index in [0.717, 1.165) is 0 Å². The van der Waals surface area contributed by atoms with Crippen LogP contribution in [0.25, 0.3) is 0 Å². The van der Waals surface area contributed by atoms with Crippen molar-refractivity contribution in [3.8, 4) is 0 Å². The van der Waals surface area contributed by atoms with Crippen molar-refractivity contribution in [2.45, 2.75) is 18.6 Å². The first-order chi connectivity index (χ1) is 3.31. The van der Waals surface area contributed by atoms with E-state index in [-0.39, 0.29) is 11.9 Å². The first kappa shape index (κ1) is 6.98. The molecule has 42 valence electrons. The zero-order valence-electron chi connectivity index (χ0n) is 4.26. The number of hydrogen-bond donors (Lipinski definition) is 1. The van der Waals surface area contributed by atoms with Crippen molar-refractivity contribution >= 4 is 11.7 Å². The molecular formula is C4H9O2S+. The molecule has 0 aliphatic rings. The lowest BCUT2D eigenvalue weighted by Crippen LogP contribution is -2.00. The Labute approximate surface area is 47.0 Å². The Hall–Kier alpha value is -0.0200. The Kier molecular flexibility index (Phi) is 4.14. The Morgan fingerprint density at radius 1 is 1.86 bits per heavy atom. The molecule has 0 aromatic carbocycles. The zero-order chi connectivity index (χ0) is 5.70. The lowest BCUT2D eigenvalue weighted by Gasteiger charge is -1.82. The number of hydrogen-bond acceptors (Lipinski definition) is 2. The minimum atomic E-state index is 0.0602. The van der Waals surface area contributed by atoms with Crippen molar-refractivity contribution in [1.82, 2.24) is 0 Å². The highest BCUT2D eigenvalue weighted by atomic mass is 32.1. The number of aliphatic hydroxyl groups is 1. The SMILES string of the molecule is CC(CCO)[S+]=O. The van der Waals surface area contributed by atoms with E-state index in [1.165, 1.54) is 0 Å². The molecule has 0 fully saturated rings. The van der Waals surface area contributed by atoms with Gasteiger partial charge in [-0.15, -0.1) is 0 Å². The third-order valence-electron chi connectivity index (χ3n) is 0.700. The van der Waals surface area contributed by atoms with Crippen molar-refractivity contribution in [1.29, 1.82) is 0 Å². The predicted molar refractivity (Wildman–Crippen MR) is 29.2 cm³/mol. The summed E-state index contributed by atoms with van der Waals surface area (Å²) in [7, 11) is 0. The summed E-state index contributed by atoms with van der Waals surface area (Å²) in [6.45, 7) is 1.92. The van der Waals surface area contributed by atoms with Gasteiger partial charge in [0, 0.05) is 17.2 Å². The number of aliphatic hydroxyl groups excluding tert-OH is 1. The topological polar surface area (TPSA) is 37.3 Å². The second-order valence-corrected chi connectivity index (χ2v) is 2.42. The van der Waals surface area contributed by atoms with Gasteiger partial charge in [-0.25, -0.2) is 0 Å². The quantitative estimate of drug-likeness (QED) is 0.541. The van der Waals surface area contributed by atoms with Gasteiger partial charge in [-0.05, 0) is 6.92 Å². The Morgan fingerprint density at radius 2 is 2.43 bits per heavy atom. The van der Waals surface area contributed by atoms with E-state index in [2.05, 4.69) is 0 Å². The molecule has 1 unspecified atom stereocenters. The molecule has 0 bridgehead atoms. The summed E-state index contributed by atoms with van der Waals surface area (Å²) in [6, 6.07) is 0. The second kappa shape index (κ2) is 4.15. The van der Waals surface area contributed by atoms with Crippen LogP contribution in [0.15, 0.2) is 0 Å². The molecule has 3 heteroatoms. The van der Waals surface area contributed by atoms with Crippen molar-refractivity contribution in [3.63, 3.8) is 0 Å². The van der Waals surface area contributed by atoms with Crippen LogP contribution >= 0.6 is 0 Å². The number of rotatable bonds is 3. The van der Waals surface area contributed by atoms with Gasteiger partial charge in [0.25, 0.3) is 0 Å². The van der Waals surface area contributed by atoms with E-state index in [0.29, 0.717) is 18.1 Å². The van der Waals surface area contributed by atoms with E-state index in [1.807, 2.05) is 0 Å². The smallest absolute Gasteiger partial charge is 0.396 e. The highest BCUT2D eigenvalue weighted by molar-refractivity contribution is 7.66. The summed E-state index contributed by atoms with van der Waals surface area (Å²) in [5.41, 5.74) is 0. The fourth-order valence-electron chi connectivity index (χ4n) is 0.230. The summed E-state index contributed by atoms with van der Waals surface area (Å²) in [5.74, 6) is 0. The third-order valence-corrected chi connectivity index (χ3v) is 1.26. The Bertz CT molecular complexity index is 55.7. The molecule has 0 amide bonds. The highest BCUT2D eigenvalue weighted by Gasteiger charge is 2.11. The summed E-state index contributed by atoms with van der Waals surface area (Å²) in [6.07, 6.45) is 0.605. The monoisotopic (exact) mass is 121 g/mol. The molecule has 0 saturated carbocycles. The van der Waals surface area contributed by atoms with Gasteiger partial charge in [-0.3, -0.25) is 0 Å². The maximum absolute atomic E-state index is 9.83. The molecule has 0 heterocycles. The van der Waals surface area contributed by atoms with Gasteiger partial charge in [-0.1, -0.05) is 0 Å². The van der Waals surface area contributed by atoms with Gasteiger partial charge in [0.05, 0.1) is 0 Å². The molecule has 0 rings (SSSR count). The van der Waals surface area contributed by atoms with Crippen LogP contribution in [0.5, 0.6) is 0 Å². The normalized spacial score (nSPS) is 13.4. The third kappa shape index (κ3) is 3.82. The Morgan fingerprint density at radius 3 is 2.57 bits per heavy atom. The second-order valence-electron chi connectivity index (χ2n) is 1.42. The molecule has 0 saturated heterocycles. The van der Waals surface area contributed by atoms with E-state index < -0.39 is 0 Å². The molecule has 2 nitrogen and oxygen atoms in total. The van der Waals surface area contributed by atoms with Crippen LogP contribution in [0.3, 0.4) is 0 Å². The van der Waals surface area contributed by atoms with Crippen molar-refractivity contribution in [2.75, 3.05) is 6.61 Å². The molecule has 0 aromatic rings. The lowest BCUT2D eigenvalue weighted by molar-refractivity contribution is 0.288. The van der Waals surface area contributed by atoms with Crippen LogP contribution in [0.1, 0.15) is 13.3 Å². The van der Waals surface area contributed by atoms with Crippen LogP contribution in [-0.4, -0.2) is 17.0 Å². The first-order valence-corrected chi connectivity index (χ1v) is 3.01. The fourth-order valence-corrected chi connectivity index (χ4v) is 0.432. The van der Waals surface area contributed by atoms with Crippen LogP contribution in [0, 0.1) is 0 Å². The fraction of sp³-hybridized carbons (Fsp3) is 1.00. The van der Waals surface area contributed by atoms with E-state index >= 15 is 0 Å². The minimum Gasteiger partial charge on any atom is -0.396 e. The largest absolute Gasteiger partial charge is 0.461 e. The van der Waals surface area contributed by atoms with Gasteiger partial charge < -0.3 is 5.11 Å². The molecule has 0 aliphatic carbocycles. The summed E-state index contributed by atoms with van der Waals surface area (Å²) in [5, 5.41) is 8.28. The average Bonchev–Trinajstić information content (AvgIpc) is 1.68. The lowest BCUT2D eigenvalue weighted by atomic mass is 10.4. The summed E-state index contributed by atoms with van der Waals surface area (Å²) >= 11 is 0.539. The van der Waals surface area contributed by atoms with Crippen molar-refractivity contribution < 1.29 is 9.32 Å². The summed E-state index contributed by atoms with van der Waals surface area (Å²) in [4.78, 5) is 0. The molecule has 0 spiro atoms. The van der Waals surface area contributed by atoms with Gasteiger partial charge in [0.2, 0.25) is 5.25 Å². The standard InChI is InChI=1S/C4H9O2S/c1-4(7-6)2-3-5/h4-5H,2-3H2,1H3/q+1. The minimum absolute atomic E-state index is 0.0602. The van der Waals surface area contributed by atoms with Crippen molar-refractivity contribution in [3.05, 3.63) is 0 Å². The van der Waals surface area contributed by atoms with Crippen molar-refractivity contribution in [2.24, 2.45) is 0 Å². The van der Waals surface area contributed by atoms with Crippen LogP contribution in [-0.2, 0) is 15.9 Å². The van der Waals surface area contributed by atoms with Gasteiger partial charge in [0.15, 0.2) is 0 Å². The van der Waals surface area contributed by atoms with E-state index in [4.69, 9.17) is 5.11 Å². The van der Waals surface area contributed by atoms with Gasteiger partial charge >= 0.3 is 11.7 Å². The van der Waals surface area contributed by atoms with Crippen LogP contribution < -0.4 is 0 Å². The van der Waals surface area contributed by atoms with E-state index in [1.54, 1.807) is 6.92 Å². The van der Waals surface area contributed by atoms with E-state index in [9.17, 15) is 4.21 Å². The Balaban J connectivity index is 2.98. The first-order valence-electron chi connectivity index (χ1n) is 2.20. The van der Waals surface area contributed by atoms with Crippen LogP contribution in [0.4, 0.5) is 0 Å². The van der Waals surface area contributed by atoms with Gasteiger partial charge in [-0.2, -0.15) is 0 Å². The van der Waals surface area contributed by atoms with Crippen LogP contribution in [0.2, 0.25) is 0 Å². The molecular weight excluding hydrogens is 112 g/mol. The highest BCUT2D eigenvalue weighted by Crippen LogP contribution is 1.88. The maximum Gasteiger partial charge on any atom is 0.461 e. The molecule has 0 aromatic heterocycles. The molecule has 1 N–H and O–H groups in total. The zero-order valence-corrected chi connectivity index (χ0v) is 5.07.